The van der Waals surface area contributed by atoms with E-state index in [-0.39, 0.29) is 17.4 Å². The van der Waals surface area contributed by atoms with Crippen molar-refractivity contribution in [3.05, 3.63) is 58.1 Å². The maximum atomic E-state index is 12.0. The van der Waals surface area contributed by atoms with Gasteiger partial charge in [0.05, 0.1) is 11.4 Å². The van der Waals surface area contributed by atoms with Crippen molar-refractivity contribution in [3.8, 4) is 5.75 Å². The predicted octanol–water partition coefficient (Wildman–Crippen LogP) is 2.41. The summed E-state index contributed by atoms with van der Waals surface area (Å²) in [7, 11) is -3.77. The number of halogens is 1. The fourth-order valence-corrected chi connectivity index (χ4v) is 3.32. The van der Waals surface area contributed by atoms with Crippen LogP contribution in [-0.2, 0) is 10.0 Å². The summed E-state index contributed by atoms with van der Waals surface area (Å²) < 4.78 is 28.6. The Morgan fingerprint density at radius 2 is 1.92 bits per heavy atom. The second-order valence-electron chi connectivity index (χ2n) is 5.54. The molecule has 2 rings (SSSR count). The first-order chi connectivity index (χ1) is 11.7. The van der Waals surface area contributed by atoms with Crippen molar-refractivity contribution in [3.63, 3.8) is 0 Å². The molecule has 0 unspecified atom stereocenters. The van der Waals surface area contributed by atoms with Gasteiger partial charge in [-0.2, -0.15) is 0 Å². The molecule has 0 aromatic heterocycles. The lowest BCUT2D eigenvalue weighted by atomic mass is 10.1. The van der Waals surface area contributed by atoms with E-state index in [1.165, 1.54) is 6.07 Å². The normalized spacial score (nSPS) is 11.2. The monoisotopic (exact) mass is 382 g/mol. The number of nitrogens with two attached hydrogens (primary N) is 1. The Balaban J connectivity index is 1.94. The van der Waals surface area contributed by atoms with Gasteiger partial charge >= 0.3 is 0 Å². The molecule has 0 aliphatic carbocycles. The lowest BCUT2D eigenvalue weighted by molar-refractivity contribution is 0.0947. The molecule has 2 aromatic rings. The number of rotatable bonds is 6. The molecular formula is C17H19ClN2O4S. The van der Waals surface area contributed by atoms with Gasteiger partial charge in [0.25, 0.3) is 5.91 Å². The van der Waals surface area contributed by atoms with Crippen LogP contribution in [0.1, 0.15) is 21.5 Å². The number of aryl methyl sites for hydroxylation is 2. The van der Waals surface area contributed by atoms with Crippen molar-refractivity contribution >= 4 is 27.5 Å². The van der Waals surface area contributed by atoms with Crippen LogP contribution in [-0.4, -0.2) is 27.5 Å². The Morgan fingerprint density at radius 3 is 2.56 bits per heavy atom. The van der Waals surface area contributed by atoms with E-state index in [9.17, 15) is 13.2 Å². The maximum Gasteiger partial charge on any atom is 0.251 e. The highest BCUT2D eigenvalue weighted by Crippen LogP contribution is 2.25. The van der Waals surface area contributed by atoms with Gasteiger partial charge in [0.1, 0.15) is 12.4 Å². The van der Waals surface area contributed by atoms with E-state index in [1.54, 1.807) is 44.2 Å². The van der Waals surface area contributed by atoms with Crippen molar-refractivity contribution in [1.29, 1.82) is 0 Å². The Hall–Kier alpha value is -2.09. The molecule has 0 atom stereocenters. The van der Waals surface area contributed by atoms with Crippen LogP contribution in [0.25, 0.3) is 0 Å². The number of nitrogens with one attached hydrogen (secondary N) is 1. The molecule has 0 saturated heterocycles. The van der Waals surface area contributed by atoms with Crippen LogP contribution in [0.4, 0.5) is 0 Å². The van der Waals surface area contributed by atoms with E-state index in [0.717, 1.165) is 0 Å². The van der Waals surface area contributed by atoms with Gasteiger partial charge in [-0.1, -0.05) is 17.7 Å². The quantitative estimate of drug-likeness (QED) is 0.749. The van der Waals surface area contributed by atoms with Gasteiger partial charge in [-0.05, 0) is 55.3 Å². The molecule has 1 amide bonds. The number of hydrogen-bond acceptors (Lipinski definition) is 4. The van der Waals surface area contributed by atoms with Gasteiger partial charge in [-0.25, -0.2) is 13.6 Å². The number of benzene rings is 2. The number of primary sulfonamides is 1. The van der Waals surface area contributed by atoms with E-state index < -0.39 is 10.0 Å². The molecule has 2 aromatic carbocycles. The summed E-state index contributed by atoms with van der Waals surface area (Å²) >= 11 is 5.85. The Labute approximate surface area is 152 Å². The number of ether oxygens (including phenoxy) is 1. The van der Waals surface area contributed by atoms with E-state index >= 15 is 0 Å². The fourth-order valence-electron chi connectivity index (χ4n) is 2.28. The van der Waals surface area contributed by atoms with Crippen molar-refractivity contribution in [1.82, 2.24) is 5.32 Å². The lowest BCUT2D eigenvalue weighted by Crippen LogP contribution is -2.28. The second kappa shape index (κ2) is 7.86. The lowest BCUT2D eigenvalue weighted by Gasteiger charge is -2.13. The highest BCUT2D eigenvalue weighted by Gasteiger charge is 2.14. The summed E-state index contributed by atoms with van der Waals surface area (Å²) in [6, 6.07) is 9.74. The molecule has 0 fully saturated rings. The minimum Gasteiger partial charge on any atom is -0.491 e. The van der Waals surface area contributed by atoms with E-state index in [1.807, 2.05) is 0 Å². The smallest absolute Gasteiger partial charge is 0.251 e. The zero-order valence-corrected chi connectivity index (χ0v) is 15.4. The van der Waals surface area contributed by atoms with Crippen molar-refractivity contribution in [2.75, 3.05) is 13.2 Å². The third-order valence-corrected chi connectivity index (χ3v) is 4.80. The second-order valence-corrected chi connectivity index (χ2v) is 7.51. The van der Waals surface area contributed by atoms with Crippen LogP contribution in [0.5, 0.6) is 5.75 Å². The SMILES string of the molecule is Cc1cc(S(N)(=O)=O)c(C)cc1OCCNC(=O)c1cccc(Cl)c1. The molecule has 6 nitrogen and oxygen atoms in total. The molecule has 0 aliphatic heterocycles. The van der Waals surface area contributed by atoms with Gasteiger partial charge in [0, 0.05) is 10.6 Å². The molecule has 134 valence electrons. The maximum absolute atomic E-state index is 12.0. The Bertz CT molecular complexity index is 898. The summed E-state index contributed by atoms with van der Waals surface area (Å²) in [5.74, 6) is 0.297. The summed E-state index contributed by atoms with van der Waals surface area (Å²) in [6.45, 7) is 3.91. The van der Waals surface area contributed by atoms with Gasteiger partial charge in [0.15, 0.2) is 0 Å². The summed E-state index contributed by atoms with van der Waals surface area (Å²) in [5.41, 5.74) is 1.62. The van der Waals surface area contributed by atoms with Crippen LogP contribution < -0.4 is 15.2 Å². The number of carbonyl (C=O) groups is 1. The highest BCUT2D eigenvalue weighted by molar-refractivity contribution is 7.89. The zero-order chi connectivity index (χ0) is 18.6. The van der Waals surface area contributed by atoms with Crippen LogP contribution in [0.15, 0.2) is 41.3 Å². The van der Waals surface area contributed by atoms with E-state index in [4.69, 9.17) is 21.5 Å². The van der Waals surface area contributed by atoms with Gasteiger partial charge in [0.2, 0.25) is 10.0 Å². The Morgan fingerprint density at radius 1 is 1.20 bits per heavy atom. The number of carbonyl (C=O) groups excluding carboxylic acids is 1. The first-order valence-corrected chi connectivity index (χ1v) is 9.41. The summed E-state index contributed by atoms with van der Waals surface area (Å²) in [6.07, 6.45) is 0. The van der Waals surface area contributed by atoms with Crippen molar-refractivity contribution in [2.24, 2.45) is 5.14 Å². The zero-order valence-electron chi connectivity index (χ0n) is 13.9. The van der Waals surface area contributed by atoms with Gasteiger partial charge in [-0.3, -0.25) is 4.79 Å². The average molecular weight is 383 g/mol. The van der Waals surface area contributed by atoms with Crippen LogP contribution >= 0.6 is 11.6 Å². The molecule has 3 N–H and O–H groups in total. The largest absolute Gasteiger partial charge is 0.491 e. The van der Waals surface area contributed by atoms with E-state index in [0.29, 0.717) is 34.0 Å². The minimum absolute atomic E-state index is 0.0756. The van der Waals surface area contributed by atoms with Crippen molar-refractivity contribution in [2.45, 2.75) is 18.7 Å². The summed E-state index contributed by atoms with van der Waals surface area (Å²) in [5, 5.41) is 8.39. The standard InChI is InChI=1S/C17H19ClN2O4S/c1-11-9-16(25(19,22)23)12(2)8-15(11)24-7-6-20-17(21)13-4-3-5-14(18)10-13/h3-5,8-10H,6-7H2,1-2H3,(H,20,21)(H2,19,22,23). The third kappa shape index (κ3) is 5.19. The molecular weight excluding hydrogens is 364 g/mol. The Kier molecular flexibility index (Phi) is 6.05. The minimum atomic E-state index is -3.77. The molecule has 0 bridgehead atoms. The predicted molar refractivity (Wildman–Crippen MR) is 96.6 cm³/mol. The molecule has 0 spiro atoms. The van der Waals surface area contributed by atoms with E-state index in [2.05, 4.69) is 5.32 Å². The number of sulfonamides is 1. The first kappa shape index (κ1) is 19.2. The van der Waals surface area contributed by atoms with Crippen molar-refractivity contribution < 1.29 is 17.9 Å². The molecule has 0 heterocycles. The van der Waals surface area contributed by atoms with Gasteiger partial charge in [-0.15, -0.1) is 0 Å². The fraction of sp³-hybridized carbons (Fsp3) is 0.235. The number of hydrogen-bond donors (Lipinski definition) is 2. The molecule has 0 saturated carbocycles. The third-order valence-electron chi connectivity index (χ3n) is 3.51. The molecule has 0 aliphatic rings. The summed E-state index contributed by atoms with van der Waals surface area (Å²) in [4.78, 5) is 12.1. The molecule has 25 heavy (non-hydrogen) atoms. The average Bonchev–Trinajstić information content (AvgIpc) is 2.53. The van der Waals surface area contributed by atoms with Gasteiger partial charge < -0.3 is 10.1 Å². The molecule has 8 heteroatoms. The number of amides is 1. The molecule has 0 radical (unpaired) electrons. The highest BCUT2D eigenvalue weighted by atomic mass is 35.5. The first-order valence-electron chi connectivity index (χ1n) is 7.49. The van der Waals surface area contributed by atoms with Crippen LogP contribution in [0, 0.1) is 13.8 Å². The topological polar surface area (TPSA) is 98.5 Å². The van der Waals surface area contributed by atoms with Crippen LogP contribution in [0.3, 0.4) is 0 Å². The van der Waals surface area contributed by atoms with Crippen LogP contribution in [0.2, 0.25) is 5.02 Å².